The van der Waals surface area contributed by atoms with E-state index in [-0.39, 0.29) is 0 Å². The fraction of sp³-hybridized carbons (Fsp3) is 0.379. The summed E-state index contributed by atoms with van der Waals surface area (Å²) in [6.45, 7) is 16.7. The number of hydrogen-bond donors (Lipinski definition) is 1. The third-order valence-electron chi connectivity index (χ3n) is 4.79. The molecule has 0 bridgehead atoms. The molecule has 1 nitrogen and oxygen atoms in total. The molecule has 1 N–H and O–H groups in total. The number of aliphatic hydroxyl groups is 1. The molecule has 0 aliphatic rings. The van der Waals surface area contributed by atoms with Gasteiger partial charge in [-0.15, -0.1) is 0 Å². The average Bonchev–Trinajstić information content (AvgIpc) is 2.73. The van der Waals surface area contributed by atoms with Crippen molar-refractivity contribution in [3.05, 3.63) is 108 Å². The molecule has 2 aromatic carbocycles. The minimum absolute atomic E-state index is 0.352. The molecule has 0 aromatic heterocycles. The smallest absolute Gasteiger partial charge is 0.111 e. The van der Waals surface area contributed by atoms with E-state index < -0.39 is 0 Å². The fourth-order valence-electron chi connectivity index (χ4n) is 2.57. The summed E-state index contributed by atoms with van der Waals surface area (Å²) in [5, 5.41) is 9.68. The van der Waals surface area contributed by atoms with Crippen molar-refractivity contribution in [2.75, 3.05) is 0 Å². The van der Waals surface area contributed by atoms with Crippen LogP contribution in [0.25, 0.3) is 0 Å². The Bertz CT molecular complexity index is 688. The van der Waals surface area contributed by atoms with Crippen molar-refractivity contribution in [1.82, 2.24) is 0 Å². The molecule has 0 aliphatic carbocycles. The monoisotopic (exact) mass is 406 g/mol. The van der Waals surface area contributed by atoms with Crippen LogP contribution in [0.4, 0.5) is 0 Å². The summed E-state index contributed by atoms with van der Waals surface area (Å²) in [5.41, 5.74) is 3.72. The van der Waals surface area contributed by atoms with Crippen molar-refractivity contribution in [2.45, 2.75) is 60.8 Å². The Balaban J connectivity index is 0.000000487. The lowest BCUT2D eigenvalue weighted by atomic mass is 9.99. The summed E-state index contributed by atoms with van der Waals surface area (Å²) in [6, 6.07) is 20.5. The van der Waals surface area contributed by atoms with E-state index in [0.29, 0.717) is 17.6 Å². The van der Waals surface area contributed by atoms with Crippen LogP contribution < -0.4 is 0 Å². The quantitative estimate of drug-likeness (QED) is 0.359. The van der Waals surface area contributed by atoms with E-state index in [1.54, 1.807) is 6.08 Å². The zero-order chi connectivity index (χ0) is 22.8. The highest BCUT2D eigenvalue weighted by Crippen LogP contribution is 2.15. The van der Waals surface area contributed by atoms with Gasteiger partial charge in [0.25, 0.3) is 0 Å². The Labute approximate surface area is 185 Å². The number of rotatable bonds is 7. The second kappa shape index (κ2) is 17.3. The maximum atomic E-state index is 9.68. The van der Waals surface area contributed by atoms with Gasteiger partial charge in [-0.25, -0.2) is 0 Å². The van der Waals surface area contributed by atoms with Gasteiger partial charge in [0.05, 0.1) is 0 Å². The van der Waals surface area contributed by atoms with Gasteiger partial charge in [-0.2, -0.15) is 0 Å². The minimum Gasteiger partial charge on any atom is -0.508 e. The molecule has 0 heterocycles. The number of hydrogen-bond acceptors (Lipinski definition) is 1. The van der Waals surface area contributed by atoms with Crippen molar-refractivity contribution in [3.8, 4) is 0 Å². The summed E-state index contributed by atoms with van der Waals surface area (Å²) in [7, 11) is 0. The van der Waals surface area contributed by atoms with Crippen LogP contribution in [0.1, 0.15) is 58.1 Å². The van der Waals surface area contributed by atoms with E-state index in [1.165, 1.54) is 11.1 Å². The maximum absolute atomic E-state index is 9.68. The topological polar surface area (TPSA) is 20.2 Å². The van der Waals surface area contributed by atoms with Crippen LogP contribution in [0.3, 0.4) is 0 Å². The molecule has 0 amide bonds. The van der Waals surface area contributed by atoms with Crippen molar-refractivity contribution in [2.24, 2.45) is 11.8 Å². The highest BCUT2D eigenvalue weighted by Gasteiger charge is 2.01. The summed E-state index contributed by atoms with van der Waals surface area (Å²) in [5.74, 6) is 1.27. The third-order valence-corrected chi connectivity index (χ3v) is 4.79. The van der Waals surface area contributed by atoms with Crippen LogP contribution >= 0.6 is 0 Å². The van der Waals surface area contributed by atoms with Crippen molar-refractivity contribution in [3.63, 3.8) is 0 Å². The largest absolute Gasteiger partial charge is 0.508 e. The Morgan fingerprint density at radius 1 is 0.867 bits per heavy atom. The van der Waals surface area contributed by atoms with Crippen molar-refractivity contribution >= 4 is 0 Å². The van der Waals surface area contributed by atoms with Crippen LogP contribution in [0, 0.1) is 25.7 Å². The summed E-state index contributed by atoms with van der Waals surface area (Å²) in [4.78, 5) is 0. The van der Waals surface area contributed by atoms with Crippen LogP contribution in [0.15, 0.2) is 96.8 Å². The van der Waals surface area contributed by atoms with E-state index >= 15 is 0 Å². The van der Waals surface area contributed by atoms with E-state index in [1.807, 2.05) is 48.6 Å². The first-order valence-electron chi connectivity index (χ1n) is 11.1. The molecular weight excluding hydrogens is 364 g/mol. The highest BCUT2D eigenvalue weighted by atomic mass is 16.3. The number of allylic oxidation sites excluding steroid dienone is 4. The van der Waals surface area contributed by atoms with Crippen LogP contribution in [0.5, 0.6) is 0 Å². The summed E-state index contributed by atoms with van der Waals surface area (Å²) >= 11 is 0. The standard InChI is InChI=1S/C15H26O.2C7H8/c1-6-8-12(3)11-15(16)10-9-14(5)13(4)7-2;2*1-7-5-3-2-4-6-7/h9-13,16H,5-8H2,1-4H3;2*2-6H,1H3/b10-9-,15-11+;;. The Morgan fingerprint density at radius 3 is 1.67 bits per heavy atom. The highest BCUT2D eigenvalue weighted by molar-refractivity contribution is 5.24. The van der Waals surface area contributed by atoms with Crippen LogP contribution in [-0.4, -0.2) is 5.11 Å². The summed E-state index contributed by atoms with van der Waals surface area (Å²) in [6.07, 6.45) is 8.92. The molecule has 0 saturated carbocycles. The lowest BCUT2D eigenvalue weighted by molar-refractivity contribution is 0.422. The van der Waals surface area contributed by atoms with E-state index in [2.05, 4.69) is 72.4 Å². The van der Waals surface area contributed by atoms with Gasteiger partial charge in [0.1, 0.15) is 5.76 Å². The Kier molecular flexibility index (Phi) is 15.9. The third kappa shape index (κ3) is 15.4. The predicted molar refractivity (Wildman–Crippen MR) is 135 cm³/mol. The zero-order valence-corrected chi connectivity index (χ0v) is 19.9. The van der Waals surface area contributed by atoms with Gasteiger partial charge >= 0.3 is 0 Å². The molecule has 164 valence electrons. The lowest BCUT2D eigenvalue weighted by Crippen LogP contribution is -1.93. The van der Waals surface area contributed by atoms with Crippen molar-refractivity contribution in [1.29, 1.82) is 0 Å². The molecule has 2 rings (SSSR count). The van der Waals surface area contributed by atoms with Crippen LogP contribution in [-0.2, 0) is 0 Å². The van der Waals surface area contributed by atoms with Crippen molar-refractivity contribution < 1.29 is 5.11 Å². The number of benzene rings is 2. The maximum Gasteiger partial charge on any atom is 0.111 e. The zero-order valence-electron chi connectivity index (χ0n) is 19.9. The first-order valence-corrected chi connectivity index (χ1v) is 11.1. The molecule has 0 saturated heterocycles. The van der Waals surface area contributed by atoms with Gasteiger partial charge in [0.15, 0.2) is 0 Å². The van der Waals surface area contributed by atoms with E-state index in [4.69, 9.17) is 0 Å². The van der Waals surface area contributed by atoms with Gasteiger partial charge in [-0.05, 0) is 50.7 Å². The molecule has 2 aromatic rings. The predicted octanol–water partition coefficient (Wildman–Crippen LogP) is 9.01. The molecule has 0 fully saturated rings. The van der Waals surface area contributed by atoms with E-state index in [0.717, 1.165) is 24.8 Å². The molecule has 0 radical (unpaired) electrons. The lowest BCUT2D eigenvalue weighted by Gasteiger charge is -2.07. The second-order valence-corrected chi connectivity index (χ2v) is 7.88. The second-order valence-electron chi connectivity index (χ2n) is 7.88. The number of aryl methyl sites for hydroxylation is 2. The Hall–Kier alpha value is -2.54. The van der Waals surface area contributed by atoms with Gasteiger partial charge in [-0.3, -0.25) is 0 Å². The molecule has 0 aliphatic heterocycles. The molecule has 2 unspecified atom stereocenters. The summed E-state index contributed by atoms with van der Waals surface area (Å²) < 4.78 is 0. The Morgan fingerprint density at radius 2 is 1.33 bits per heavy atom. The molecular formula is C29H42O. The fourth-order valence-corrected chi connectivity index (χ4v) is 2.57. The van der Waals surface area contributed by atoms with Gasteiger partial charge in [0, 0.05) is 0 Å². The normalized spacial score (nSPS) is 12.8. The first kappa shape index (κ1) is 27.5. The van der Waals surface area contributed by atoms with Gasteiger partial charge < -0.3 is 5.11 Å². The molecule has 0 spiro atoms. The SMILES string of the molecule is C=C(/C=C\C(O)=C/C(C)CCC)C(C)CC.Cc1ccccc1.Cc1ccccc1. The van der Waals surface area contributed by atoms with Gasteiger partial charge in [0.2, 0.25) is 0 Å². The first-order chi connectivity index (χ1) is 14.3. The average molecular weight is 407 g/mol. The van der Waals surface area contributed by atoms with Crippen LogP contribution in [0.2, 0.25) is 0 Å². The number of aliphatic hydroxyl groups excluding tert-OH is 1. The minimum atomic E-state index is 0.352. The van der Waals surface area contributed by atoms with E-state index in [9.17, 15) is 5.11 Å². The molecule has 1 heteroatoms. The molecule has 30 heavy (non-hydrogen) atoms. The van der Waals surface area contributed by atoms with Gasteiger partial charge in [-0.1, -0.05) is 124 Å². The molecule has 2 atom stereocenters.